The number of anilines is 2. The number of methoxy groups -OCH3 is 1. The molecule has 3 aromatic rings. The van der Waals surface area contributed by atoms with Crippen molar-refractivity contribution in [2.24, 2.45) is 5.92 Å². The van der Waals surface area contributed by atoms with Crippen LogP contribution in [-0.2, 0) is 39.9 Å². The van der Waals surface area contributed by atoms with Gasteiger partial charge in [0.25, 0.3) is 5.91 Å². The molecule has 1 heterocycles. The number of pyridine rings is 1. The van der Waals surface area contributed by atoms with Gasteiger partial charge in [0.1, 0.15) is 23.9 Å². The maximum atomic E-state index is 13.4. The van der Waals surface area contributed by atoms with Crippen LogP contribution < -0.4 is 20.7 Å². The van der Waals surface area contributed by atoms with Crippen molar-refractivity contribution in [1.29, 1.82) is 0 Å². The second kappa shape index (κ2) is 12.3. The zero-order chi connectivity index (χ0) is 28.0. The molecule has 0 saturated heterocycles. The minimum atomic E-state index is -4.52. The first-order valence-corrected chi connectivity index (χ1v) is 12.4. The molecule has 1 atom stereocenters. The van der Waals surface area contributed by atoms with Gasteiger partial charge in [0.2, 0.25) is 5.91 Å². The van der Waals surface area contributed by atoms with Gasteiger partial charge in [-0.15, -0.1) is 0 Å². The Hall–Kier alpha value is -3.96. The summed E-state index contributed by atoms with van der Waals surface area (Å²) in [5.41, 5.74) is 1.76. The first kappa shape index (κ1) is 28.1. The number of aromatic nitrogens is 1. The lowest BCUT2D eigenvalue weighted by Gasteiger charge is -2.25. The van der Waals surface area contributed by atoms with Gasteiger partial charge in [-0.2, -0.15) is 13.2 Å². The molecule has 2 aromatic carbocycles. The number of halogens is 3. The van der Waals surface area contributed by atoms with E-state index in [-0.39, 0.29) is 30.7 Å². The van der Waals surface area contributed by atoms with Crippen LogP contribution in [0.4, 0.5) is 24.7 Å². The number of benzene rings is 2. The van der Waals surface area contributed by atoms with Crippen molar-refractivity contribution in [3.63, 3.8) is 0 Å². The van der Waals surface area contributed by atoms with Gasteiger partial charge in [-0.05, 0) is 79.4 Å². The fourth-order valence-corrected chi connectivity index (χ4v) is 4.49. The van der Waals surface area contributed by atoms with Gasteiger partial charge in [0, 0.05) is 37.5 Å². The van der Waals surface area contributed by atoms with Gasteiger partial charge >= 0.3 is 6.18 Å². The molecule has 4 rings (SSSR count). The van der Waals surface area contributed by atoms with Crippen LogP contribution in [0.1, 0.15) is 28.7 Å². The molecule has 11 heteroatoms. The van der Waals surface area contributed by atoms with Crippen LogP contribution in [0.25, 0.3) is 0 Å². The van der Waals surface area contributed by atoms with Crippen molar-refractivity contribution in [2.45, 2.75) is 32.0 Å². The van der Waals surface area contributed by atoms with E-state index in [2.05, 4.69) is 20.9 Å². The number of hydrogen-bond acceptors (Lipinski definition) is 6. The molecular weight excluding hydrogens is 513 g/mol. The third-order valence-corrected chi connectivity index (χ3v) is 6.26. The van der Waals surface area contributed by atoms with Crippen molar-refractivity contribution in [2.75, 3.05) is 31.4 Å². The molecule has 0 bridgehead atoms. The number of nitrogens with one attached hydrogen (secondary N) is 3. The smallest absolute Gasteiger partial charge is 0.416 e. The molecule has 1 aliphatic rings. The fraction of sp³-hybridized carbons (Fsp3) is 0.321. The molecule has 39 heavy (non-hydrogen) atoms. The highest BCUT2D eigenvalue weighted by molar-refractivity contribution is 5.93. The van der Waals surface area contributed by atoms with Crippen LogP contribution in [0.5, 0.6) is 11.5 Å². The normalized spacial score (nSPS) is 14.8. The molecule has 0 aliphatic heterocycles. The van der Waals surface area contributed by atoms with Crippen molar-refractivity contribution < 1.29 is 32.2 Å². The van der Waals surface area contributed by atoms with Crippen molar-refractivity contribution in [1.82, 2.24) is 10.3 Å². The van der Waals surface area contributed by atoms with E-state index < -0.39 is 17.7 Å². The Balaban J connectivity index is 1.45. The van der Waals surface area contributed by atoms with Crippen molar-refractivity contribution >= 4 is 23.3 Å². The standard InChI is InChI=1S/C28H29F3N4O4/c1-32-15-17-9-21(28(29,30)31)13-22(10-17)34-27(37)19-4-3-18-5-6-23(12-20(18)11-19)39-24-7-8-33-25(14-24)35-26(36)16-38-2/h5-10,12-14,19,32H,3-4,11,15-16H2,1-2H3,(H,34,37)(H,33,35,36). The molecule has 1 aliphatic carbocycles. The average molecular weight is 543 g/mol. The summed E-state index contributed by atoms with van der Waals surface area (Å²) in [6.07, 6.45) is -1.35. The summed E-state index contributed by atoms with van der Waals surface area (Å²) in [5.74, 6) is 0.251. The number of rotatable bonds is 9. The van der Waals surface area contributed by atoms with Crippen LogP contribution in [-0.4, -0.2) is 37.6 Å². The summed E-state index contributed by atoms with van der Waals surface area (Å²) in [6, 6.07) is 12.4. The minimum Gasteiger partial charge on any atom is -0.457 e. The van der Waals surface area contributed by atoms with E-state index in [4.69, 9.17) is 9.47 Å². The summed E-state index contributed by atoms with van der Waals surface area (Å²) in [7, 11) is 3.06. The summed E-state index contributed by atoms with van der Waals surface area (Å²) in [5, 5.41) is 8.14. The Bertz CT molecular complexity index is 1350. The predicted molar refractivity (Wildman–Crippen MR) is 140 cm³/mol. The van der Waals surface area contributed by atoms with Crippen LogP contribution >= 0.6 is 0 Å². The second-order valence-corrected chi connectivity index (χ2v) is 9.27. The highest BCUT2D eigenvalue weighted by Crippen LogP contribution is 2.34. The number of carbonyl (C=O) groups is 2. The van der Waals surface area contributed by atoms with E-state index in [9.17, 15) is 22.8 Å². The Labute approximate surface area is 223 Å². The Morgan fingerprint density at radius 3 is 2.56 bits per heavy atom. The van der Waals surface area contributed by atoms with Crippen LogP contribution in [0.2, 0.25) is 0 Å². The van der Waals surface area contributed by atoms with E-state index in [1.807, 2.05) is 18.2 Å². The zero-order valence-corrected chi connectivity index (χ0v) is 21.5. The highest BCUT2D eigenvalue weighted by atomic mass is 19.4. The lowest BCUT2D eigenvalue weighted by atomic mass is 9.83. The van der Waals surface area contributed by atoms with Crippen molar-refractivity contribution in [3.05, 3.63) is 77.0 Å². The van der Waals surface area contributed by atoms with Gasteiger partial charge < -0.3 is 25.4 Å². The maximum Gasteiger partial charge on any atom is 0.416 e. The SMILES string of the molecule is CNCc1cc(NC(=O)C2CCc3ccc(Oc4ccnc(NC(=O)COC)c4)cc3C2)cc(C(F)(F)F)c1. The van der Waals surface area contributed by atoms with Gasteiger partial charge in [0.15, 0.2) is 0 Å². The lowest BCUT2D eigenvalue weighted by molar-refractivity contribution is -0.137. The van der Waals surface area contributed by atoms with E-state index in [0.717, 1.165) is 23.3 Å². The summed E-state index contributed by atoms with van der Waals surface area (Å²) < 4.78 is 50.9. The van der Waals surface area contributed by atoms with Crippen LogP contribution in [0.15, 0.2) is 54.7 Å². The van der Waals surface area contributed by atoms with E-state index in [0.29, 0.717) is 42.1 Å². The van der Waals surface area contributed by atoms with E-state index >= 15 is 0 Å². The van der Waals surface area contributed by atoms with Crippen molar-refractivity contribution in [3.8, 4) is 11.5 Å². The molecule has 0 spiro atoms. The topological polar surface area (TPSA) is 102 Å². The number of aryl methyl sites for hydroxylation is 1. The van der Waals surface area contributed by atoms with Gasteiger partial charge in [-0.3, -0.25) is 9.59 Å². The number of hydrogen-bond donors (Lipinski definition) is 3. The fourth-order valence-electron chi connectivity index (χ4n) is 4.49. The number of amides is 2. The quantitative estimate of drug-likeness (QED) is 0.354. The van der Waals surface area contributed by atoms with E-state index in [1.54, 1.807) is 25.2 Å². The summed E-state index contributed by atoms with van der Waals surface area (Å²) in [4.78, 5) is 28.9. The number of fused-ring (bicyclic) bond motifs is 1. The van der Waals surface area contributed by atoms with Gasteiger partial charge in [0.05, 0.1) is 5.56 Å². The Morgan fingerprint density at radius 1 is 1.03 bits per heavy atom. The molecule has 0 radical (unpaired) electrons. The number of ether oxygens (including phenoxy) is 2. The first-order chi connectivity index (χ1) is 18.6. The molecule has 2 amide bonds. The molecule has 1 unspecified atom stereocenters. The van der Waals surface area contributed by atoms with Gasteiger partial charge in [-0.1, -0.05) is 6.07 Å². The third-order valence-electron chi connectivity index (χ3n) is 6.26. The molecule has 8 nitrogen and oxygen atoms in total. The summed E-state index contributed by atoms with van der Waals surface area (Å²) in [6.45, 7) is 0.141. The Kier molecular flexibility index (Phi) is 8.82. The molecule has 0 fully saturated rings. The maximum absolute atomic E-state index is 13.4. The lowest BCUT2D eigenvalue weighted by Crippen LogP contribution is -2.28. The van der Waals surface area contributed by atoms with Gasteiger partial charge in [-0.25, -0.2) is 4.98 Å². The third kappa shape index (κ3) is 7.55. The molecule has 206 valence electrons. The number of alkyl halides is 3. The monoisotopic (exact) mass is 542 g/mol. The molecular formula is C28H29F3N4O4. The largest absolute Gasteiger partial charge is 0.457 e. The zero-order valence-electron chi connectivity index (χ0n) is 21.5. The van der Waals surface area contributed by atoms with Crippen LogP contribution in [0, 0.1) is 5.92 Å². The molecule has 1 aromatic heterocycles. The highest BCUT2D eigenvalue weighted by Gasteiger charge is 2.32. The molecule has 0 saturated carbocycles. The number of nitrogens with zero attached hydrogens (tertiary/aromatic N) is 1. The van der Waals surface area contributed by atoms with Crippen LogP contribution in [0.3, 0.4) is 0 Å². The second-order valence-electron chi connectivity index (χ2n) is 9.27. The minimum absolute atomic E-state index is 0.1000. The first-order valence-electron chi connectivity index (χ1n) is 12.4. The Morgan fingerprint density at radius 2 is 1.82 bits per heavy atom. The predicted octanol–water partition coefficient (Wildman–Crippen LogP) is 4.94. The average Bonchev–Trinajstić information content (AvgIpc) is 2.88. The van der Waals surface area contributed by atoms with E-state index in [1.165, 1.54) is 13.3 Å². The molecule has 3 N–H and O–H groups in total. The summed E-state index contributed by atoms with van der Waals surface area (Å²) >= 11 is 0. The number of carbonyl (C=O) groups excluding carboxylic acids is 2.